The van der Waals surface area contributed by atoms with Crippen LogP contribution >= 0.6 is 0 Å². The van der Waals surface area contributed by atoms with Gasteiger partial charge >= 0.3 is 0 Å². The smallest absolute Gasteiger partial charge is 0.273 e. The second-order valence-corrected chi connectivity index (χ2v) is 6.77. The molecule has 5 unspecified atom stereocenters. The minimum Gasteiger partial charge on any atom is -0.393 e. The third-order valence-electron chi connectivity index (χ3n) is 4.29. The Balaban J connectivity index is 2.20. The molecule has 0 aromatic rings. The lowest BCUT2D eigenvalue weighted by Crippen LogP contribution is -2.49. The fraction of sp³-hybridized carbons (Fsp3) is 1.00. The summed E-state index contributed by atoms with van der Waals surface area (Å²) in [5.74, 6) is -0.00169. The molecule has 0 aromatic heterocycles. The van der Waals surface area contributed by atoms with Gasteiger partial charge in [0.15, 0.2) is 0 Å². The lowest BCUT2D eigenvalue weighted by atomic mass is 9.73. The molecule has 3 saturated heterocycles. The summed E-state index contributed by atoms with van der Waals surface area (Å²) in [4.78, 5) is 0. The number of hydrogen-bond acceptors (Lipinski definition) is 5. The Morgan fingerprint density at radius 3 is 2.73 bits per heavy atom. The number of rotatable bonds is 1. The Hall–Kier alpha value is -0.170. The zero-order valence-electron chi connectivity index (χ0n) is 8.63. The van der Waals surface area contributed by atoms with Crippen LogP contribution in [0, 0.1) is 5.92 Å². The molecule has 0 aliphatic carbocycles. The van der Waals surface area contributed by atoms with Crippen molar-refractivity contribution in [3.8, 4) is 0 Å². The monoisotopic (exact) mass is 234 g/mol. The molecule has 0 radical (unpaired) electrons. The quantitative estimate of drug-likeness (QED) is 0.627. The fourth-order valence-electron chi connectivity index (χ4n) is 3.29. The molecule has 15 heavy (non-hydrogen) atoms. The van der Waals surface area contributed by atoms with Gasteiger partial charge in [-0.25, -0.2) is 0 Å². The van der Waals surface area contributed by atoms with Crippen molar-refractivity contribution in [3.63, 3.8) is 0 Å². The Morgan fingerprint density at radius 2 is 2.20 bits per heavy atom. The standard InChI is InChI=1S/C9H14O5S/c1-5-7-9(4-10)6(15(11,12)13-7)3-8(5,2)14-9/h5-7,10H,3-4H2,1-2H3. The highest BCUT2D eigenvalue weighted by molar-refractivity contribution is 7.87. The lowest BCUT2D eigenvalue weighted by molar-refractivity contribution is -0.0806. The Morgan fingerprint density at radius 1 is 1.53 bits per heavy atom. The largest absolute Gasteiger partial charge is 0.393 e. The molecule has 6 heteroatoms. The van der Waals surface area contributed by atoms with Crippen molar-refractivity contribution in [2.24, 2.45) is 5.92 Å². The predicted molar refractivity (Wildman–Crippen MR) is 50.7 cm³/mol. The van der Waals surface area contributed by atoms with Gasteiger partial charge in [0.1, 0.15) is 17.0 Å². The van der Waals surface area contributed by atoms with Crippen molar-refractivity contribution in [1.29, 1.82) is 0 Å². The summed E-state index contributed by atoms with van der Waals surface area (Å²) in [6.07, 6.45) is -0.0932. The third-order valence-corrected chi connectivity index (χ3v) is 6.03. The zero-order valence-corrected chi connectivity index (χ0v) is 9.45. The van der Waals surface area contributed by atoms with E-state index in [0.717, 1.165) is 0 Å². The first kappa shape index (κ1) is 10.0. The average Bonchev–Trinajstić information content (AvgIpc) is 2.63. The van der Waals surface area contributed by atoms with E-state index in [1.165, 1.54) is 0 Å². The topological polar surface area (TPSA) is 72.8 Å². The van der Waals surface area contributed by atoms with Crippen LogP contribution in [0.3, 0.4) is 0 Å². The van der Waals surface area contributed by atoms with E-state index < -0.39 is 32.7 Å². The summed E-state index contributed by atoms with van der Waals surface area (Å²) < 4.78 is 34.3. The highest BCUT2D eigenvalue weighted by Gasteiger charge is 2.77. The molecule has 2 bridgehead atoms. The first-order valence-electron chi connectivity index (χ1n) is 5.09. The fourth-order valence-corrected chi connectivity index (χ4v) is 5.33. The van der Waals surface area contributed by atoms with Crippen LogP contribution in [0.2, 0.25) is 0 Å². The second kappa shape index (κ2) is 2.40. The molecule has 1 N–H and O–H groups in total. The Bertz CT molecular complexity index is 418. The normalized spacial score (nSPS) is 60.1. The zero-order chi connectivity index (χ0) is 11.1. The molecule has 3 heterocycles. The lowest BCUT2D eigenvalue weighted by Gasteiger charge is -2.28. The van der Waals surface area contributed by atoms with Gasteiger partial charge in [0.2, 0.25) is 0 Å². The van der Waals surface area contributed by atoms with Crippen LogP contribution in [-0.2, 0) is 19.0 Å². The number of ether oxygens (including phenoxy) is 1. The van der Waals surface area contributed by atoms with Crippen LogP contribution in [0.25, 0.3) is 0 Å². The van der Waals surface area contributed by atoms with Gasteiger partial charge in [0.25, 0.3) is 10.1 Å². The van der Waals surface area contributed by atoms with E-state index in [-0.39, 0.29) is 12.5 Å². The number of fused-ring (bicyclic) bond motifs is 1. The number of hydrogen-bond donors (Lipinski definition) is 1. The van der Waals surface area contributed by atoms with E-state index in [0.29, 0.717) is 6.42 Å². The highest BCUT2D eigenvalue weighted by Crippen LogP contribution is 2.61. The molecular formula is C9H14O5S. The third kappa shape index (κ3) is 0.883. The summed E-state index contributed by atoms with van der Waals surface area (Å²) in [6, 6.07) is 0. The first-order chi connectivity index (χ1) is 6.86. The minimum atomic E-state index is -3.56. The van der Waals surface area contributed by atoms with E-state index in [4.69, 9.17) is 8.92 Å². The molecule has 3 fully saturated rings. The molecule has 5 nitrogen and oxygen atoms in total. The molecule has 86 valence electrons. The van der Waals surface area contributed by atoms with Crippen LogP contribution < -0.4 is 0 Å². The molecule has 0 aromatic carbocycles. The van der Waals surface area contributed by atoms with Crippen molar-refractivity contribution < 1.29 is 22.4 Å². The van der Waals surface area contributed by atoms with E-state index in [1.54, 1.807) is 0 Å². The summed E-state index contributed by atoms with van der Waals surface area (Å²) in [6.45, 7) is 3.52. The van der Waals surface area contributed by atoms with E-state index in [2.05, 4.69) is 0 Å². The number of aliphatic hydroxyl groups is 1. The van der Waals surface area contributed by atoms with E-state index in [1.807, 2.05) is 13.8 Å². The van der Waals surface area contributed by atoms with E-state index >= 15 is 0 Å². The molecule has 3 aliphatic heterocycles. The maximum absolute atomic E-state index is 11.7. The van der Waals surface area contributed by atoms with Crippen LogP contribution in [0.1, 0.15) is 20.3 Å². The SMILES string of the molecule is CC1C2OS(=O)(=O)C3CC1(C)OC23CO. The van der Waals surface area contributed by atoms with Crippen LogP contribution in [0.15, 0.2) is 0 Å². The maximum Gasteiger partial charge on any atom is 0.273 e. The molecule has 5 atom stereocenters. The van der Waals surface area contributed by atoms with Gasteiger partial charge in [-0.1, -0.05) is 6.92 Å². The predicted octanol–water partition coefficient (Wildman–Crippen LogP) is -0.357. The van der Waals surface area contributed by atoms with Gasteiger partial charge in [0, 0.05) is 5.92 Å². The minimum absolute atomic E-state index is 0.00169. The van der Waals surface area contributed by atoms with Crippen molar-refractivity contribution >= 4 is 10.1 Å². The molecule has 0 amide bonds. The average molecular weight is 234 g/mol. The molecule has 0 spiro atoms. The van der Waals surface area contributed by atoms with Crippen LogP contribution in [-0.4, -0.2) is 42.7 Å². The Kier molecular flexibility index (Phi) is 1.60. The molecule has 3 rings (SSSR count). The molecule has 3 aliphatic rings. The summed E-state index contributed by atoms with van der Waals surface area (Å²) in [5, 5.41) is 8.73. The van der Waals surface area contributed by atoms with Crippen molar-refractivity contribution in [2.75, 3.05) is 6.61 Å². The second-order valence-electron chi connectivity index (χ2n) is 5.02. The van der Waals surface area contributed by atoms with E-state index in [9.17, 15) is 13.5 Å². The van der Waals surface area contributed by atoms with Gasteiger partial charge in [0.05, 0.1) is 12.2 Å². The maximum atomic E-state index is 11.7. The van der Waals surface area contributed by atoms with Crippen molar-refractivity contribution in [1.82, 2.24) is 0 Å². The number of aliphatic hydroxyl groups excluding tert-OH is 1. The van der Waals surface area contributed by atoms with Gasteiger partial charge < -0.3 is 9.84 Å². The molecular weight excluding hydrogens is 220 g/mol. The van der Waals surface area contributed by atoms with Crippen LogP contribution in [0.5, 0.6) is 0 Å². The van der Waals surface area contributed by atoms with Crippen molar-refractivity contribution in [3.05, 3.63) is 0 Å². The summed E-state index contributed by atoms with van der Waals surface area (Å²) in [7, 11) is -3.56. The summed E-state index contributed by atoms with van der Waals surface area (Å²) >= 11 is 0. The summed E-state index contributed by atoms with van der Waals surface area (Å²) in [5.41, 5.74) is -1.48. The first-order valence-corrected chi connectivity index (χ1v) is 6.56. The van der Waals surface area contributed by atoms with Gasteiger partial charge in [-0.3, -0.25) is 4.18 Å². The van der Waals surface area contributed by atoms with Gasteiger partial charge in [-0.15, -0.1) is 0 Å². The molecule has 0 saturated carbocycles. The highest BCUT2D eigenvalue weighted by atomic mass is 32.2. The van der Waals surface area contributed by atoms with Gasteiger partial charge in [-0.2, -0.15) is 8.42 Å². The van der Waals surface area contributed by atoms with Crippen LogP contribution in [0.4, 0.5) is 0 Å². The van der Waals surface area contributed by atoms with Crippen molar-refractivity contribution in [2.45, 2.75) is 42.8 Å². The Labute approximate surface area is 88.5 Å². The van der Waals surface area contributed by atoms with Gasteiger partial charge in [-0.05, 0) is 13.3 Å².